The van der Waals surface area contributed by atoms with Crippen LogP contribution in [0.3, 0.4) is 0 Å². The number of aliphatic carboxylic acids is 1. The fourth-order valence-electron chi connectivity index (χ4n) is 2.62. The molecule has 5 heteroatoms. The summed E-state index contributed by atoms with van der Waals surface area (Å²) in [6.07, 6.45) is 1.85. The van der Waals surface area contributed by atoms with Crippen molar-refractivity contribution in [2.24, 2.45) is 5.92 Å². The number of carboxylic acid groups (broad SMARTS) is 1. The van der Waals surface area contributed by atoms with Crippen molar-refractivity contribution in [3.63, 3.8) is 0 Å². The third kappa shape index (κ3) is 3.36. The number of benzene rings is 1. The number of rotatable bonds is 5. The highest BCUT2D eigenvalue weighted by atomic mass is 16.5. The van der Waals surface area contributed by atoms with Crippen LogP contribution in [0, 0.1) is 5.92 Å². The molecule has 20 heavy (non-hydrogen) atoms. The van der Waals surface area contributed by atoms with Gasteiger partial charge in [0.05, 0.1) is 12.5 Å². The summed E-state index contributed by atoms with van der Waals surface area (Å²) in [5, 5.41) is 11.9. The van der Waals surface area contributed by atoms with E-state index in [1.165, 1.54) is 0 Å². The predicted octanol–water partition coefficient (Wildman–Crippen LogP) is 1.82. The number of nitrogens with one attached hydrogen (secondary N) is 1. The first kappa shape index (κ1) is 14.5. The molecule has 2 rings (SSSR count). The Morgan fingerprint density at radius 1 is 1.35 bits per heavy atom. The fourth-order valence-corrected chi connectivity index (χ4v) is 2.62. The molecule has 5 nitrogen and oxygen atoms in total. The number of carboxylic acids is 1. The van der Waals surface area contributed by atoms with Gasteiger partial charge in [-0.2, -0.15) is 0 Å². The Labute approximate surface area is 117 Å². The van der Waals surface area contributed by atoms with Crippen LogP contribution in [-0.4, -0.2) is 30.1 Å². The van der Waals surface area contributed by atoms with E-state index in [1.807, 2.05) is 18.2 Å². The minimum absolute atomic E-state index is 0.0563. The number of hydrogen-bond acceptors (Lipinski definition) is 3. The second-order valence-electron chi connectivity index (χ2n) is 5.11. The lowest BCUT2D eigenvalue weighted by Gasteiger charge is -2.14. The summed E-state index contributed by atoms with van der Waals surface area (Å²) in [4.78, 5) is 23.2. The van der Waals surface area contributed by atoms with Crippen molar-refractivity contribution in [3.8, 4) is 0 Å². The summed E-state index contributed by atoms with van der Waals surface area (Å²) in [5.74, 6) is -1.27. The average molecular weight is 277 g/mol. The number of hydrogen-bond donors (Lipinski definition) is 2. The highest BCUT2D eigenvalue weighted by Gasteiger charge is 2.30. The summed E-state index contributed by atoms with van der Waals surface area (Å²) >= 11 is 0. The van der Waals surface area contributed by atoms with E-state index in [9.17, 15) is 9.59 Å². The molecule has 1 amide bonds. The van der Waals surface area contributed by atoms with E-state index < -0.39 is 5.97 Å². The van der Waals surface area contributed by atoms with Gasteiger partial charge < -0.3 is 15.2 Å². The van der Waals surface area contributed by atoms with Crippen molar-refractivity contribution in [2.45, 2.75) is 31.9 Å². The molecule has 1 fully saturated rings. The number of carbonyl (C=O) groups excluding carboxylic acids is 1. The van der Waals surface area contributed by atoms with Crippen molar-refractivity contribution in [3.05, 3.63) is 35.4 Å². The fraction of sp³-hybridized carbons (Fsp3) is 0.467. The SMILES string of the molecule is COCc1ccccc1C(=O)N[C@@H]1CC[C@H](C(=O)O)C1. The van der Waals surface area contributed by atoms with Gasteiger partial charge in [0.1, 0.15) is 0 Å². The monoisotopic (exact) mass is 277 g/mol. The molecule has 1 saturated carbocycles. The van der Waals surface area contributed by atoms with Crippen LogP contribution in [0.1, 0.15) is 35.2 Å². The number of ether oxygens (including phenoxy) is 1. The minimum Gasteiger partial charge on any atom is -0.481 e. The largest absolute Gasteiger partial charge is 0.481 e. The first-order chi connectivity index (χ1) is 9.61. The molecule has 0 bridgehead atoms. The molecular weight excluding hydrogens is 258 g/mol. The van der Waals surface area contributed by atoms with Gasteiger partial charge in [0.15, 0.2) is 0 Å². The molecule has 2 atom stereocenters. The summed E-state index contributed by atoms with van der Waals surface area (Å²) < 4.78 is 5.08. The van der Waals surface area contributed by atoms with Gasteiger partial charge in [-0.25, -0.2) is 0 Å². The molecule has 0 aromatic heterocycles. The highest BCUT2D eigenvalue weighted by Crippen LogP contribution is 2.26. The number of amides is 1. The third-order valence-electron chi connectivity index (χ3n) is 3.68. The second-order valence-corrected chi connectivity index (χ2v) is 5.11. The van der Waals surface area contributed by atoms with Gasteiger partial charge in [0, 0.05) is 18.7 Å². The van der Waals surface area contributed by atoms with Crippen molar-refractivity contribution in [1.29, 1.82) is 0 Å². The van der Waals surface area contributed by atoms with Crippen LogP contribution in [0.4, 0.5) is 0 Å². The molecule has 1 aromatic rings. The average Bonchev–Trinajstić information content (AvgIpc) is 2.88. The highest BCUT2D eigenvalue weighted by molar-refractivity contribution is 5.95. The van der Waals surface area contributed by atoms with Gasteiger partial charge in [0.25, 0.3) is 5.91 Å². The normalized spacial score (nSPS) is 21.6. The molecule has 108 valence electrons. The van der Waals surface area contributed by atoms with E-state index in [0.717, 1.165) is 12.0 Å². The van der Waals surface area contributed by atoms with E-state index in [2.05, 4.69) is 5.32 Å². The summed E-state index contributed by atoms with van der Waals surface area (Å²) in [5.41, 5.74) is 1.42. The molecule has 1 aromatic carbocycles. The Kier molecular flexibility index (Phi) is 4.74. The number of methoxy groups -OCH3 is 1. The maximum atomic E-state index is 12.3. The Bertz CT molecular complexity index is 500. The van der Waals surface area contributed by atoms with E-state index in [-0.39, 0.29) is 17.9 Å². The molecule has 0 heterocycles. The van der Waals surface area contributed by atoms with E-state index in [1.54, 1.807) is 13.2 Å². The smallest absolute Gasteiger partial charge is 0.306 e. The Morgan fingerprint density at radius 3 is 2.75 bits per heavy atom. The topological polar surface area (TPSA) is 75.6 Å². The Hall–Kier alpha value is -1.88. The van der Waals surface area contributed by atoms with Gasteiger partial charge in [-0.3, -0.25) is 9.59 Å². The van der Waals surface area contributed by atoms with Gasteiger partial charge in [-0.15, -0.1) is 0 Å². The molecule has 0 radical (unpaired) electrons. The van der Waals surface area contributed by atoms with Gasteiger partial charge >= 0.3 is 5.97 Å². The molecule has 1 aliphatic carbocycles. The summed E-state index contributed by atoms with van der Waals surface area (Å²) in [6, 6.07) is 7.23. The van der Waals surface area contributed by atoms with Crippen LogP contribution in [0.2, 0.25) is 0 Å². The molecule has 0 saturated heterocycles. The van der Waals surface area contributed by atoms with Crippen LogP contribution >= 0.6 is 0 Å². The van der Waals surface area contributed by atoms with E-state index >= 15 is 0 Å². The van der Waals surface area contributed by atoms with Crippen molar-refractivity contribution >= 4 is 11.9 Å². The summed E-state index contributed by atoms with van der Waals surface area (Å²) in [6.45, 7) is 0.381. The third-order valence-corrected chi connectivity index (χ3v) is 3.68. The van der Waals surface area contributed by atoms with Crippen LogP contribution in [-0.2, 0) is 16.1 Å². The maximum absolute atomic E-state index is 12.3. The molecule has 1 aliphatic rings. The van der Waals surface area contributed by atoms with E-state index in [4.69, 9.17) is 9.84 Å². The molecule has 0 unspecified atom stereocenters. The van der Waals surface area contributed by atoms with Crippen LogP contribution in [0.15, 0.2) is 24.3 Å². The first-order valence-corrected chi connectivity index (χ1v) is 6.72. The second kappa shape index (κ2) is 6.52. The molecule has 0 spiro atoms. The maximum Gasteiger partial charge on any atom is 0.306 e. The van der Waals surface area contributed by atoms with Crippen LogP contribution < -0.4 is 5.32 Å². The minimum atomic E-state index is -0.776. The molecule has 2 N–H and O–H groups in total. The van der Waals surface area contributed by atoms with Gasteiger partial charge in [0.2, 0.25) is 0 Å². The van der Waals surface area contributed by atoms with Gasteiger partial charge in [-0.1, -0.05) is 18.2 Å². The van der Waals surface area contributed by atoms with Crippen LogP contribution in [0.25, 0.3) is 0 Å². The standard InChI is InChI=1S/C15H19NO4/c1-20-9-11-4-2-3-5-13(11)14(17)16-12-7-6-10(8-12)15(18)19/h2-5,10,12H,6-9H2,1H3,(H,16,17)(H,18,19)/t10-,12+/m0/s1. The first-order valence-electron chi connectivity index (χ1n) is 6.72. The zero-order valence-electron chi connectivity index (χ0n) is 11.5. The quantitative estimate of drug-likeness (QED) is 0.860. The molecule has 0 aliphatic heterocycles. The lowest BCUT2D eigenvalue weighted by Crippen LogP contribution is -2.34. The van der Waals surface area contributed by atoms with Crippen molar-refractivity contribution in [2.75, 3.05) is 7.11 Å². The lowest BCUT2D eigenvalue weighted by molar-refractivity contribution is -0.141. The Morgan fingerprint density at radius 2 is 2.10 bits per heavy atom. The zero-order valence-corrected chi connectivity index (χ0v) is 11.5. The van der Waals surface area contributed by atoms with Crippen molar-refractivity contribution in [1.82, 2.24) is 5.32 Å². The molecular formula is C15H19NO4. The lowest BCUT2D eigenvalue weighted by atomic mass is 10.1. The van der Waals surface area contributed by atoms with Crippen molar-refractivity contribution < 1.29 is 19.4 Å². The predicted molar refractivity (Wildman–Crippen MR) is 73.4 cm³/mol. The summed E-state index contributed by atoms with van der Waals surface area (Å²) in [7, 11) is 1.59. The number of carbonyl (C=O) groups is 2. The van der Waals surface area contributed by atoms with Crippen LogP contribution in [0.5, 0.6) is 0 Å². The van der Waals surface area contributed by atoms with E-state index in [0.29, 0.717) is 25.0 Å². The Balaban J connectivity index is 2.01. The zero-order chi connectivity index (χ0) is 14.5. The van der Waals surface area contributed by atoms with Gasteiger partial charge in [-0.05, 0) is 30.9 Å².